The lowest BCUT2D eigenvalue weighted by molar-refractivity contribution is 0.0600. The fraction of sp³-hybridized carbons (Fsp3) is 0.438. The maximum absolute atomic E-state index is 12.9. The van der Waals surface area contributed by atoms with Gasteiger partial charge in [-0.1, -0.05) is 11.6 Å². The van der Waals surface area contributed by atoms with Gasteiger partial charge >= 0.3 is 0 Å². The number of piperidine rings is 1. The molecule has 1 aromatic heterocycles. The lowest BCUT2D eigenvalue weighted by Gasteiger charge is -2.34. The Bertz CT molecular complexity index is 716. The molecular weight excluding hydrogens is 316 g/mol. The predicted octanol–water partition coefficient (Wildman–Crippen LogP) is 3.14. The zero-order chi connectivity index (χ0) is 16.4. The smallest absolute Gasteiger partial charge is 0.254 e. The van der Waals surface area contributed by atoms with Gasteiger partial charge in [-0.2, -0.15) is 5.10 Å². The van der Waals surface area contributed by atoms with Crippen LogP contribution in [-0.2, 0) is 0 Å². The van der Waals surface area contributed by atoms with Crippen LogP contribution in [0.5, 0.6) is 5.75 Å². The molecule has 1 saturated heterocycles. The third-order valence-corrected chi connectivity index (χ3v) is 4.39. The molecule has 1 atom stereocenters. The Balaban J connectivity index is 1.89. The number of likely N-dealkylation sites (tertiary alicyclic amines) is 1. The summed E-state index contributed by atoms with van der Waals surface area (Å²) in [6, 6.07) is 4.99. The van der Waals surface area contributed by atoms with Gasteiger partial charge in [-0.05, 0) is 44.4 Å². The van der Waals surface area contributed by atoms with Gasteiger partial charge in [-0.25, -0.2) is 4.98 Å². The van der Waals surface area contributed by atoms with Gasteiger partial charge in [-0.15, -0.1) is 0 Å². The number of nitrogens with zero attached hydrogens (tertiary/aromatic N) is 3. The number of carbonyl (C=O) groups is 1. The van der Waals surface area contributed by atoms with Crippen LogP contribution in [-0.4, -0.2) is 39.6 Å². The molecule has 7 heteroatoms. The number of rotatable bonds is 3. The molecule has 1 fully saturated rings. The molecule has 1 aromatic carbocycles. The van der Waals surface area contributed by atoms with Crippen LogP contribution in [0.25, 0.3) is 0 Å². The monoisotopic (exact) mass is 334 g/mol. The van der Waals surface area contributed by atoms with Crippen molar-refractivity contribution in [3.63, 3.8) is 0 Å². The summed E-state index contributed by atoms with van der Waals surface area (Å²) in [6.45, 7) is 2.55. The Morgan fingerprint density at radius 2 is 2.26 bits per heavy atom. The summed E-state index contributed by atoms with van der Waals surface area (Å²) in [6.07, 6.45) is 2.91. The van der Waals surface area contributed by atoms with Crippen molar-refractivity contribution in [3.05, 3.63) is 40.4 Å². The largest absolute Gasteiger partial charge is 0.495 e. The highest BCUT2D eigenvalue weighted by Crippen LogP contribution is 2.32. The second-order valence-electron chi connectivity index (χ2n) is 5.64. The molecular formula is C16H19ClN4O2. The first kappa shape index (κ1) is 15.8. The van der Waals surface area contributed by atoms with E-state index in [2.05, 4.69) is 15.2 Å². The molecule has 2 aromatic rings. The average Bonchev–Trinajstić information content (AvgIpc) is 3.01. The molecule has 3 rings (SSSR count). The van der Waals surface area contributed by atoms with Gasteiger partial charge in [0.1, 0.15) is 11.6 Å². The number of halogens is 1. The third kappa shape index (κ3) is 3.17. The topological polar surface area (TPSA) is 71.1 Å². The maximum Gasteiger partial charge on any atom is 0.254 e. The number of aromatic nitrogens is 3. The molecule has 0 saturated carbocycles. The van der Waals surface area contributed by atoms with Crippen molar-refractivity contribution in [1.29, 1.82) is 0 Å². The normalized spacial score (nSPS) is 18.0. The summed E-state index contributed by atoms with van der Waals surface area (Å²) in [5.74, 6) is 1.88. The van der Waals surface area contributed by atoms with E-state index in [0.717, 1.165) is 25.1 Å². The number of aromatic amines is 1. The van der Waals surface area contributed by atoms with Crippen LogP contribution in [0.3, 0.4) is 0 Å². The molecule has 0 spiro atoms. The van der Waals surface area contributed by atoms with E-state index in [4.69, 9.17) is 16.3 Å². The minimum absolute atomic E-state index is 0.0490. The van der Waals surface area contributed by atoms with Crippen molar-refractivity contribution in [3.8, 4) is 5.75 Å². The van der Waals surface area contributed by atoms with Crippen molar-refractivity contribution in [2.75, 3.05) is 13.7 Å². The van der Waals surface area contributed by atoms with E-state index >= 15 is 0 Å². The molecule has 6 nitrogen and oxygen atoms in total. The lowest BCUT2D eigenvalue weighted by atomic mass is 10.00. The molecule has 0 radical (unpaired) electrons. The van der Waals surface area contributed by atoms with Gasteiger partial charge in [0.15, 0.2) is 5.82 Å². The maximum atomic E-state index is 12.9. The number of benzene rings is 1. The van der Waals surface area contributed by atoms with E-state index in [1.807, 2.05) is 11.8 Å². The van der Waals surface area contributed by atoms with Gasteiger partial charge in [0.25, 0.3) is 5.91 Å². The van der Waals surface area contributed by atoms with Crippen molar-refractivity contribution < 1.29 is 9.53 Å². The number of hydrogen-bond acceptors (Lipinski definition) is 4. The summed E-state index contributed by atoms with van der Waals surface area (Å²) in [7, 11) is 1.54. The van der Waals surface area contributed by atoms with E-state index < -0.39 is 0 Å². The summed E-state index contributed by atoms with van der Waals surface area (Å²) in [5, 5.41) is 7.58. The Morgan fingerprint density at radius 1 is 1.43 bits per heavy atom. The number of ether oxygens (including phenoxy) is 1. The van der Waals surface area contributed by atoms with Gasteiger partial charge < -0.3 is 9.64 Å². The lowest BCUT2D eigenvalue weighted by Crippen LogP contribution is -2.39. The molecule has 122 valence electrons. The first-order valence-corrected chi connectivity index (χ1v) is 8.01. The molecule has 0 bridgehead atoms. The Kier molecular flexibility index (Phi) is 4.52. The van der Waals surface area contributed by atoms with Crippen LogP contribution in [0.1, 0.15) is 47.3 Å². The molecule has 1 amide bonds. The fourth-order valence-electron chi connectivity index (χ4n) is 2.91. The van der Waals surface area contributed by atoms with Crippen LogP contribution in [0, 0.1) is 6.92 Å². The highest BCUT2D eigenvalue weighted by atomic mass is 35.5. The average molecular weight is 335 g/mol. The fourth-order valence-corrected chi connectivity index (χ4v) is 3.11. The Morgan fingerprint density at radius 3 is 2.96 bits per heavy atom. The first-order chi connectivity index (χ1) is 11.1. The van der Waals surface area contributed by atoms with Crippen LogP contribution in [0.4, 0.5) is 0 Å². The standard InChI is InChI=1S/C16H19ClN4O2/c1-10-18-15(20-19-10)13-5-3-4-8-21(13)16(22)11-6-7-12(17)14(9-11)23-2/h6-7,9,13H,3-5,8H2,1-2H3,(H,18,19,20)/t13-/m1/s1. The van der Waals surface area contributed by atoms with Crippen LogP contribution < -0.4 is 4.74 Å². The number of amides is 1. The highest BCUT2D eigenvalue weighted by molar-refractivity contribution is 6.32. The summed E-state index contributed by atoms with van der Waals surface area (Å²) >= 11 is 6.04. The number of nitrogens with one attached hydrogen (secondary N) is 1. The molecule has 1 aliphatic rings. The van der Waals surface area contributed by atoms with E-state index in [-0.39, 0.29) is 11.9 Å². The molecule has 1 N–H and O–H groups in total. The van der Waals surface area contributed by atoms with E-state index in [0.29, 0.717) is 28.7 Å². The molecule has 0 aliphatic carbocycles. The van der Waals surface area contributed by atoms with Crippen molar-refractivity contribution in [2.45, 2.75) is 32.2 Å². The van der Waals surface area contributed by atoms with Gasteiger partial charge in [-0.3, -0.25) is 9.89 Å². The SMILES string of the molecule is COc1cc(C(=O)N2CCCC[C@@H]2c2n[nH]c(C)n2)ccc1Cl. The number of methoxy groups -OCH3 is 1. The predicted molar refractivity (Wildman–Crippen MR) is 86.8 cm³/mol. The van der Waals surface area contributed by atoms with E-state index in [9.17, 15) is 4.79 Å². The Hall–Kier alpha value is -2.08. The molecule has 1 aliphatic heterocycles. The Labute approximate surface area is 139 Å². The van der Waals surface area contributed by atoms with Crippen LogP contribution in [0.15, 0.2) is 18.2 Å². The van der Waals surface area contributed by atoms with Gasteiger partial charge in [0.2, 0.25) is 0 Å². The minimum atomic E-state index is -0.0946. The number of H-pyrrole nitrogens is 1. The second kappa shape index (κ2) is 6.58. The second-order valence-corrected chi connectivity index (χ2v) is 6.05. The quantitative estimate of drug-likeness (QED) is 0.936. The minimum Gasteiger partial charge on any atom is -0.495 e. The summed E-state index contributed by atoms with van der Waals surface area (Å²) < 4.78 is 5.21. The molecule has 2 heterocycles. The van der Waals surface area contributed by atoms with Crippen LogP contribution in [0.2, 0.25) is 5.02 Å². The van der Waals surface area contributed by atoms with Crippen LogP contribution >= 0.6 is 11.6 Å². The summed E-state index contributed by atoms with van der Waals surface area (Å²) in [4.78, 5) is 19.2. The number of carbonyl (C=O) groups excluding carboxylic acids is 1. The zero-order valence-electron chi connectivity index (χ0n) is 13.2. The highest BCUT2D eigenvalue weighted by Gasteiger charge is 2.31. The van der Waals surface area contributed by atoms with Crippen molar-refractivity contribution >= 4 is 17.5 Å². The first-order valence-electron chi connectivity index (χ1n) is 7.63. The van der Waals surface area contributed by atoms with E-state index in [1.165, 1.54) is 7.11 Å². The van der Waals surface area contributed by atoms with Crippen molar-refractivity contribution in [2.24, 2.45) is 0 Å². The van der Waals surface area contributed by atoms with Gasteiger partial charge in [0, 0.05) is 12.1 Å². The van der Waals surface area contributed by atoms with E-state index in [1.54, 1.807) is 18.2 Å². The third-order valence-electron chi connectivity index (χ3n) is 4.07. The van der Waals surface area contributed by atoms with Gasteiger partial charge in [0.05, 0.1) is 18.2 Å². The molecule has 0 unspecified atom stereocenters. The number of aryl methyl sites for hydroxylation is 1. The summed E-state index contributed by atoms with van der Waals surface area (Å²) in [5.41, 5.74) is 0.561. The number of hydrogen-bond donors (Lipinski definition) is 1. The molecule has 23 heavy (non-hydrogen) atoms. The van der Waals surface area contributed by atoms with Crippen molar-refractivity contribution in [1.82, 2.24) is 20.1 Å². The zero-order valence-corrected chi connectivity index (χ0v) is 13.9.